The van der Waals surface area contributed by atoms with Crippen LogP contribution in [-0.4, -0.2) is 55.1 Å². The van der Waals surface area contributed by atoms with Crippen LogP contribution in [0, 0.1) is 6.92 Å². The molecule has 196 valence electrons. The van der Waals surface area contributed by atoms with E-state index in [1.165, 1.54) is 17.8 Å². The lowest BCUT2D eigenvalue weighted by atomic mass is 9.95. The molecule has 0 heterocycles. The molecule has 1 N–H and O–H groups in total. The highest BCUT2D eigenvalue weighted by Gasteiger charge is 2.28. The monoisotopic (exact) mass is 513 g/mol. The van der Waals surface area contributed by atoms with Gasteiger partial charge in [-0.15, -0.1) is 0 Å². The van der Waals surface area contributed by atoms with E-state index in [0.717, 1.165) is 36.8 Å². The van der Waals surface area contributed by atoms with Gasteiger partial charge in [-0.2, -0.15) is 0 Å². The second kappa shape index (κ2) is 13.0. The number of nitrogens with one attached hydrogen (secondary N) is 1. The fourth-order valence-electron chi connectivity index (χ4n) is 4.53. The third-order valence-corrected chi connectivity index (χ3v) is 8.78. The molecule has 1 aliphatic rings. The largest absolute Gasteiger partial charge is 0.352 e. The third-order valence-electron chi connectivity index (χ3n) is 6.91. The van der Waals surface area contributed by atoms with Gasteiger partial charge >= 0.3 is 0 Å². The SMILES string of the molecule is Cc1ccc(CN(C(=O)CCCN(C)S(=O)(=O)c2ccccc2)C(C)C(=O)NC2CCCCC2)cc1. The molecule has 3 rings (SSSR count). The molecule has 2 amide bonds. The number of nitrogens with zero attached hydrogens (tertiary/aromatic N) is 2. The minimum absolute atomic E-state index is 0.133. The summed E-state index contributed by atoms with van der Waals surface area (Å²) >= 11 is 0. The van der Waals surface area contributed by atoms with E-state index in [1.54, 1.807) is 42.2 Å². The van der Waals surface area contributed by atoms with E-state index in [9.17, 15) is 18.0 Å². The van der Waals surface area contributed by atoms with Crippen LogP contribution in [0.25, 0.3) is 0 Å². The van der Waals surface area contributed by atoms with Crippen LogP contribution in [0.2, 0.25) is 0 Å². The van der Waals surface area contributed by atoms with Crippen molar-refractivity contribution in [2.75, 3.05) is 13.6 Å². The summed E-state index contributed by atoms with van der Waals surface area (Å²) in [6.45, 7) is 4.32. The quantitative estimate of drug-likeness (QED) is 0.486. The van der Waals surface area contributed by atoms with Gasteiger partial charge in [0.15, 0.2) is 0 Å². The number of rotatable bonds is 11. The van der Waals surface area contributed by atoms with E-state index in [1.807, 2.05) is 31.2 Å². The van der Waals surface area contributed by atoms with Gasteiger partial charge in [-0.1, -0.05) is 67.3 Å². The molecule has 1 atom stereocenters. The number of aryl methyl sites for hydroxylation is 1. The van der Waals surface area contributed by atoms with E-state index in [0.29, 0.717) is 13.0 Å². The Morgan fingerprint density at radius 1 is 1.00 bits per heavy atom. The van der Waals surface area contributed by atoms with Crippen molar-refractivity contribution in [2.45, 2.75) is 82.3 Å². The van der Waals surface area contributed by atoms with Gasteiger partial charge in [0.05, 0.1) is 4.90 Å². The summed E-state index contributed by atoms with van der Waals surface area (Å²) in [5.74, 6) is -0.293. The van der Waals surface area contributed by atoms with Gasteiger partial charge in [-0.05, 0) is 50.8 Å². The Hall–Kier alpha value is -2.71. The highest BCUT2D eigenvalue weighted by molar-refractivity contribution is 7.89. The molecule has 1 fully saturated rings. The Bertz CT molecular complexity index is 1100. The maximum Gasteiger partial charge on any atom is 0.242 e. The van der Waals surface area contributed by atoms with E-state index in [-0.39, 0.29) is 35.7 Å². The van der Waals surface area contributed by atoms with Crippen molar-refractivity contribution in [2.24, 2.45) is 0 Å². The number of amides is 2. The number of carbonyl (C=O) groups excluding carboxylic acids is 2. The molecule has 1 aliphatic carbocycles. The highest BCUT2D eigenvalue weighted by Crippen LogP contribution is 2.19. The van der Waals surface area contributed by atoms with Crippen molar-refractivity contribution in [1.29, 1.82) is 0 Å². The number of hydrogen-bond donors (Lipinski definition) is 1. The van der Waals surface area contributed by atoms with Gasteiger partial charge in [0.2, 0.25) is 21.8 Å². The molecule has 0 spiro atoms. The van der Waals surface area contributed by atoms with Gasteiger partial charge in [0, 0.05) is 32.6 Å². The predicted molar refractivity (Wildman–Crippen MR) is 142 cm³/mol. The lowest BCUT2D eigenvalue weighted by Gasteiger charge is -2.31. The summed E-state index contributed by atoms with van der Waals surface area (Å²) in [6.07, 6.45) is 5.91. The minimum Gasteiger partial charge on any atom is -0.352 e. The number of sulfonamides is 1. The molecule has 0 radical (unpaired) electrons. The zero-order chi connectivity index (χ0) is 26.1. The van der Waals surface area contributed by atoms with Crippen LogP contribution in [0.15, 0.2) is 59.5 Å². The van der Waals surface area contributed by atoms with Crippen LogP contribution in [0.1, 0.15) is 63.0 Å². The maximum atomic E-state index is 13.3. The predicted octanol–water partition coefficient (Wildman–Crippen LogP) is 4.26. The Balaban J connectivity index is 1.64. The summed E-state index contributed by atoms with van der Waals surface area (Å²) in [5, 5.41) is 3.14. The zero-order valence-corrected chi connectivity index (χ0v) is 22.5. The Labute approximate surface area is 215 Å². The Morgan fingerprint density at radius 2 is 1.64 bits per heavy atom. The molecule has 1 saturated carbocycles. The zero-order valence-electron chi connectivity index (χ0n) is 21.7. The lowest BCUT2D eigenvalue weighted by Crippen LogP contribution is -2.50. The lowest BCUT2D eigenvalue weighted by molar-refractivity contribution is -0.141. The fraction of sp³-hybridized carbons (Fsp3) is 0.500. The first kappa shape index (κ1) is 27.9. The average molecular weight is 514 g/mol. The van der Waals surface area contributed by atoms with Gasteiger partial charge in [0.25, 0.3) is 0 Å². The van der Waals surface area contributed by atoms with Crippen LogP contribution >= 0.6 is 0 Å². The number of carbonyl (C=O) groups is 2. The van der Waals surface area contributed by atoms with Crippen molar-refractivity contribution in [3.8, 4) is 0 Å². The molecule has 0 aliphatic heterocycles. The van der Waals surface area contributed by atoms with Crippen LogP contribution in [0.4, 0.5) is 0 Å². The molecule has 36 heavy (non-hydrogen) atoms. The number of hydrogen-bond acceptors (Lipinski definition) is 4. The van der Waals surface area contributed by atoms with Gasteiger partial charge < -0.3 is 10.2 Å². The van der Waals surface area contributed by atoms with Crippen LogP contribution in [0.3, 0.4) is 0 Å². The molecule has 0 bridgehead atoms. The van der Waals surface area contributed by atoms with E-state index in [4.69, 9.17) is 0 Å². The highest BCUT2D eigenvalue weighted by atomic mass is 32.2. The van der Waals surface area contributed by atoms with Crippen LogP contribution in [-0.2, 0) is 26.2 Å². The second-order valence-electron chi connectivity index (χ2n) is 9.77. The summed E-state index contributed by atoms with van der Waals surface area (Å²) in [4.78, 5) is 28.3. The first-order valence-electron chi connectivity index (χ1n) is 12.9. The van der Waals surface area contributed by atoms with Crippen LogP contribution < -0.4 is 5.32 Å². The molecule has 0 saturated heterocycles. The van der Waals surface area contributed by atoms with E-state index < -0.39 is 16.1 Å². The summed E-state index contributed by atoms with van der Waals surface area (Å²) in [5.41, 5.74) is 2.08. The molecule has 7 nitrogen and oxygen atoms in total. The standard InChI is InChI=1S/C28H39N3O4S/c1-22-16-18-24(19-17-22)21-31(23(2)28(33)29-25-11-6-4-7-12-25)27(32)15-10-20-30(3)36(34,35)26-13-8-5-9-14-26/h5,8-9,13-14,16-19,23,25H,4,6-7,10-12,15,20-21H2,1-3H3,(H,29,33). The topological polar surface area (TPSA) is 86.8 Å². The third kappa shape index (κ3) is 7.64. The Kier molecular flexibility index (Phi) is 10.1. The molecule has 1 unspecified atom stereocenters. The van der Waals surface area contributed by atoms with E-state index >= 15 is 0 Å². The molecule has 2 aromatic rings. The minimum atomic E-state index is -3.61. The summed E-state index contributed by atoms with van der Waals surface area (Å²) < 4.78 is 26.8. The first-order chi connectivity index (χ1) is 17.2. The number of benzene rings is 2. The molecular weight excluding hydrogens is 474 g/mol. The van der Waals surface area contributed by atoms with Crippen molar-refractivity contribution >= 4 is 21.8 Å². The smallest absolute Gasteiger partial charge is 0.242 e. The van der Waals surface area contributed by atoms with Crippen molar-refractivity contribution < 1.29 is 18.0 Å². The second-order valence-corrected chi connectivity index (χ2v) is 11.8. The molecule has 0 aromatic heterocycles. The summed E-state index contributed by atoms with van der Waals surface area (Å²) in [6, 6.07) is 15.8. The fourth-order valence-corrected chi connectivity index (χ4v) is 5.76. The molecular formula is C28H39N3O4S. The average Bonchev–Trinajstić information content (AvgIpc) is 2.88. The van der Waals surface area contributed by atoms with Gasteiger partial charge in [-0.3, -0.25) is 9.59 Å². The maximum absolute atomic E-state index is 13.3. The van der Waals surface area contributed by atoms with Gasteiger partial charge in [-0.25, -0.2) is 12.7 Å². The van der Waals surface area contributed by atoms with Crippen molar-refractivity contribution in [3.05, 3.63) is 65.7 Å². The van der Waals surface area contributed by atoms with Gasteiger partial charge in [0.1, 0.15) is 6.04 Å². The normalized spacial score (nSPS) is 15.4. The van der Waals surface area contributed by atoms with Crippen LogP contribution in [0.5, 0.6) is 0 Å². The molecule has 2 aromatic carbocycles. The molecule has 8 heteroatoms. The van der Waals surface area contributed by atoms with Crippen molar-refractivity contribution in [3.63, 3.8) is 0 Å². The first-order valence-corrected chi connectivity index (χ1v) is 14.3. The van der Waals surface area contributed by atoms with Crippen molar-refractivity contribution in [1.82, 2.24) is 14.5 Å². The van der Waals surface area contributed by atoms with E-state index in [2.05, 4.69) is 5.32 Å². The Morgan fingerprint density at radius 3 is 2.28 bits per heavy atom. The summed E-state index contributed by atoms with van der Waals surface area (Å²) in [7, 11) is -2.09.